The van der Waals surface area contributed by atoms with E-state index in [4.69, 9.17) is 10.3 Å². The van der Waals surface area contributed by atoms with Gasteiger partial charge in [0.1, 0.15) is 5.76 Å². The van der Waals surface area contributed by atoms with Gasteiger partial charge in [-0.3, -0.25) is 4.79 Å². The maximum atomic E-state index is 11.5. The van der Waals surface area contributed by atoms with Crippen LogP contribution < -0.4 is 5.73 Å². The summed E-state index contributed by atoms with van der Waals surface area (Å²) in [6, 6.07) is -0.476. The number of likely N-dealkylation sites (N-methyl/N-ethyl adjacent to an activating group) is 1. The van der Waals surface area contributed by atoms with Crippen molar-refractivity contribution >= 4 is 5.91 Å². The van der Waals surface area contributed by atoms with Gasteiger partial charge in [0.05, 0.1) is 18.3 Å². The van der Waals surface area contributed by atoms with E-state index in [1.807, 2.05) is 13.8 Å². The zero-order chi connectivity index (χ0) is 11.6. The van der Waals surface area contributed by atoms with E-state index >= 15 is 0 Å². The smallest absolute Gasteiger partial charge is 0.239 e. The largest absolute Gasteiger partial charge is 0.361 e. The average Bonchev–Trinajstić information content (AvgIpc) is 2.47. The molecule has 1 unspecified atom stereocenters. The molecule has 0 aliphatic rings. The van der Waals surface area contributed by atoms with Crippen molar-refractivity contribution in [2.45, 2.75) is 33.4 Å². The summed E-state index contributed by atoms with van der Waals surface area (Å²) in [5.74, 6) is 0.659. The zero-order valence-corrected chi connectivity index (χ0v) is 9.57. The molecular weight excluding hydrogens is 194 g/mol. The maximum absolute atomic E-state index is 11.5. The lowest BCUT2D eigenvalue weighted by atomic mass is 10.2. The highest BCUT2D eigenvalue weighted by Crippen LogP contribution is 2.14. The molecule has 15 heavy (non-hydrogen) atoms. The molecule has 1 amide bonds. The van der Waals surface area contributed by atoms with Crippen LogP contribution in [-0.4, -0.2) is 29.1 Å². The second-order valence-corrected chi connectivity index (χ2v) is 3.79. The average molecular weight is 211 g/mol. The Bertz CT molecular complexity index is 338. The van der Waals surface area contributed by atoms with Gasteiger partial charge in [0.2, 0.25) is 5.91 Å². The number of hydrogen-bond donors (Lipinski definition) is 1. The van der Waals surface area contributed by atoms with Crippen molar-refractivity contribution in [3.63, 3.8) is 0 Å². The van der Waals surface area contributed by atoms with Crippen LogP contribution in [0.1, 0.15) is 23.9 Å². The van der Waals surface area contributed by atoms with Crippen molar-refractivity contribution < 1.29 is 9.32 Å². The van der Waals surface area contributed by atoms with Crippen LogP contribution in [0.2, 0.25) is 0 Å². The number of aromatic nitrogens is 1. The van der Waals surface area contributed by atoms with Gasteiger partial charge in [-0.2, -0.15) is 0 Å². The summed E-state index contributed by atoms with van der Waals surface area (Å²) < 4.78 is 5.02. The molecule has 0 bridgehead atoms. The number of aryl methyl sites for hydroxylation is 2. The molecule has 84 valence electrons. The molecule has 0 aliphatic carbocycles. The number of carbonyl (C=O) groups excluding carboxylic acids is 1. The summed E-state index contributed by atoms with van der Waals surface area (Å²) in [5.41, 5.74) is 7.28. The Morgan fingerprint density at radius 3 is 2.60 bits per heavy atom. The number of carbonyl (C=O) groups is 1. The second-order valence-electron chi connectivity index (χ2n) is 3.79. The van der Waals surface area contributed by atoms with Crippen LogP contribution >= 0.6 is 0 Å². The van der Waals surface area contributed by atoms with Gasteiger partial charge in [-0.05, 0) is 20.8 Å². The molecule has 5 nitrogen and oxygen atoms in total. The quantitative estimate of drug-likeness (QED) is 0.794. The fourth-order valence-electron chi connectivity index (χ4n) is 1.39. The Labute approximate surface area is 89.2 Å². The molecule has 0 spiro atoms. The third-order valence-corrected chi connectivity index (χ3v) is 2.34. The van der Waals surface area contributed by atoms with Gasteiger partial charge in [-0.25, -0.2) is 0 Å². The molecule has 1 aromatic heterocycles. The number of amides is 1. The van der Waals surface area contributed by atoms with Crippen LogP contribution in [0.4, 0.5) is 0 Å². The van der Waals surface area contributed by atoms with Crippen molar-refractivity contribution in [3.05, 3.63) is 17.0 Å². The third-order valence-electron chi connectivity index (χ3n) is 2.34. The lowest BCUT2D eigenvalue weighted by Gasteiger charge is -2.18. The fourth-order valence-corrected chi connectivity index (χ4v) is 1.39. The van der Waals surface area contributed by atoms with E-state index in [1.54, 1.807) is 18.9 Å². The fraction of sp³-hybridized carbons (Fsp3) is 0.600. The first-order valence-electron chi connectivity index (χ1n) is 4.85. The van der Waals surface area contributed by atoms with Crippen LogP contribution in [0.25, 0.3) is 0 Å². The molecule has 0 aliphatic heterocycles. The Kier molecular flexibility index (Phi) is 3.47. The van der Waals surface area contributed by atoms with Crippen molar-refractivity contribution in [1.29, 1.82) is 0 Å². The van der Waals surface area contributed by atoms with E-state index in [0.717, 1.165) is 17.0 Å². The molecule has 0 radical (unpaired) electrons. The molecule has 1 atom stereocenters. The summed E-state index contributed by atoms with van der Waals surface area (Å²) >= 11 is 0. The highest BCUT2D eigenvalue weighted by atomic mass is 16.5. The predicted molar refractivity (Wildman–Crippen MR) is 56.1 cm³/mol. The van der Waals surface area contributed by atoms with Gasteiger partial charge in [0.25, 0.3) is 0 Å². The van der Waals surface area contributed by atoms with Crippen molar-refractivity contribution in [1.82, 2.24) is 10.1 Å². The van der Waals surface area contributed by atoms with Crippen molar-refractivity contribution in [2.75, 3.05) is 7.05 Å². The minimum atomic E-state index is -0.476. The van der Waals surface area contributed by atoms with Crippen LogP contribution in [0.5, 0.6) is 0 Å². The molecule has 1 heterocycles. The van der Waals surface area contributed by atoms with Gasteiger partial charge in [0.15, 0.2) is 0 Å². The van der Waals surface area contributed by atoms with Gasteiger partial charge in [0, 0.05) is 12.6 Å². The van der Waals surface area contributed by atoms with E-state index in [2.05, 4.69) is 5.16 Å². The Morgan fingerprint density at radius 2 is 2.20 bits per heavy atom. The Balaban J connectivity index is 2.74. The lowest BCUT2D eigenvalue weighted by Crippen LogP contribution is -2.39. The van der Waals surface area contributed by atoms with Crippen molar-refractivity contribution in [2.24, 2.45) is 5.73 Å². The molecule has 0 saturated heterocycles. The van der Waals surface area contributed by atoms with E-state index in [0.29, 0.717) is 6.54 Å². The highest BCUT2D eigenvalue weighted by molar-refractivity contribution is 5.80. The van der Waals surface area contributed by atoms with Gasteiger partial charge in [-0.15, -0.1) is 0 Å². The highest BCUT2D eigenvalue weighted by Gasteiger charge is 2.17. The predicted octanol–water partition coefficient (Wildman–Crippen LogP) is 0.597. The molecule has 0 aromatic carbocycles. The SMILES string of the molecule is Cc1noc(C)c1CN(C)C(=O)C(C)N. The van der Waals surface area contributed by atoms with Crippen LogP contribution in [0.15, 0.2) is 4.52 Å². The third kappa shape index (κ3) is 2.56. The maximum Gasteiger partial charge on any atom is 0.239 e. The molecule has 2 N–H and O–H groups in total. The summed E-state index contributed by atoms with van der Waals surface area (Å²) in [7, 11) is 1.72. The normalized spacial score (nSPS) is 12.6. The number of rotatable bonds is 3. The first kappa shape index (κ1) is 11.7. The second kappa shape index (κ2) is 4.44. The van der Waals surface area contributed by atoms with Crippen LogP contribution in [-0.2, 0) is 11.3 Å². The summed E-state index contributed by atoms with van der Waals surface area (Å²) in [5, 5.41) is 3.83. The topological polar surface area (TPSA) is 72.4 Å². The molecule has 1 rings (SSSR count). The number of nitrogens with zero attached hydrogens (tertiary/aromatic N) is 2. The van der Waals surface area contributed by atoms with Crippen LogP contribution in [0, 0.1) is 13.8 Å². The standard InChI is InChI=1S/C10H17N3O2/c1-6(11)10(14)13(4)5-9-7(2)12-15-8(9)3/h6H,5,11H2,1-4H3. The lowest BCUT2D eigenvalue weighted by molar-refractivity contribution is -0.131. The van der Waals surface area contributed by atoms with Crippen LogP contribution in [0.3, 0.4) is 0 Å². The van der Waals surface area contributed by atoms with Crippen molar-refractivity contribution in [3.8, 4) is 0 Å². The minimum Gasteiger partial charge on any atom is -0.361 e. The zero-order valence-electron chi connectivity index (χ0n) is 9.57. The number of hydrogen-bond acceptors (Lipinski definition) is 4. The molecular formula is C10H17N3O2. The van der Waals surface area contributed by atoms with E-state index < -0.39 is 6.04 Å². The molecule has 5 heteroatoms. The minimum absolute atomic E-state index is 0.0880. The van der Waals surface area contributed by atoms with E-state index in [1.165, 1.54) is 0 Å². The first-order valence-corrected chi connectivity index (χ1v) is 4.85. The van der Waals surface area contributed by atoms with Gasteiger partial charge in [-0.1, -0.05) is 5.16 Å². The Hall–Kier alpha value is -1.36. The summed E-state index contributed by atoms with van der Waals surface area (Å²) in [4.78, 5) is 13.1. The van der Waals surface area contributed by atoms with Gasteiger partial charge >= 0.3 is 0 Å². The van der Waals surface area contributed by atoms with E-state index in [-0.39, 0.29) is 5.91 Å². The number of nitrogens with two attached hydrogens (primary N) is 1. The molecule has 0 saturated carbocycles. The summed E-state index contributed by atoms with van der Waals surface area (Å²) in [6.07, 6.45) is 0. The molecule has 1 aromatic rings. The van der Waals surface area contributed by atoms with E-state index in [9.17, 15) is 4.79 Å². The first-order chi connectivity index (χ1) is 6.93. The monoisotopic (exact) mass is 211 g/mol. The molecule has 0 fully saturated rings. The summed E-state index contributed by atoms with van der Waals surface area (Å²) in [6.45, 7) is 5.85. The van der Waals surface area contributed by atoms with Gasteiger partial charge < -0.3 is 15.2 Å². The Morgan fingerprint density at radius 1 is 1.60 bits per heavy atom.